The van der Waals surface area contributed by atoms with E-state index in [9.17, 15) is 13.2 Å². The predicted octanol–water partition coefficient (Wildman–Crippen LogP) is 3.02. The number of nitrogens with zero attached hydrogens (tertiary/aromatic N) is 1. The number of benzene rings is 2. The van der Waals surface area contributed by atoms with Crippen LogP contribution in [0.25, 0.3) is 0 Å². The average Bonchev–Trinajstić information content (AvgIpc) is 3.25. The highest BCUT2D eigenvalue weighted by Crippen LogP contribution is 2.41. The van der Waals surface area contributed by atoms with Gasteiger partial charge in [-0.1, -0.05) is 37.6 Å². The Morgan fingerprint density at radius 2 is 1.84 bits per heavy atom. The molecule has 0 spiro atoms. The molecular weight excluding hydrogens is 416 g/mol. The van der Waals surface area contributed by atoms with Crippen molar-refractivity contribution in [3.63, 3.8) is 0 Å². The van der Waals surface area contributed by atoms with Crippen molar-refractivity contribution in [2.75, 3.05) is 33.9 Å². The van der Waals surface area contributed by atoms with Crippen molar-refractivity contribution in [1.82, 2.24) is 9.62 Å². The van der Waals surface area contributed by atoms with Crippen molar-refractivity contribution < 1.29 is 22.7 Å². The topological polar surface area (TPSA) is 84.9 Å². The number of amides is 1. The van der Waals surface area contributed by atoms with Gasteiger partial charge in [-0.2, -0.15) is 4.31 Å². The highest BCUT2D eigenvalue weighted by Gasteiger charge is 2.44. The lowest BCUT2D eigenvalue weighted by molar-refractivity contribution is -0.124. The molecule has 168 valence electrons. The average molecular weight is 447 g/mol. The number of rotatable bonds is 9. The third-order valence-electron chi connectivity index (χ3n) is 5.67. The quantitative estimate of drug-likeness (QED) is 0.599. The van der Waals surface area contributed by atoms with E-state index in [1.807, 2.05) is 6.07 Å². The monoisotopic (exact) mass is 446 g/mol. The predicted molar refractivity (Wildman–Crippen MR) is 119 cm³/mol. The van der Waals surface area contributed by atoms with E-state index in [1.54, 1.807) is 56.7 Å². The summed E-state index contributed by atoms with van der Waals surface area (Å²) < 4.78 is 38.7. The number of unbranched alkanes of at least 4 members (excludes halogenated alkanes) is 1. The lowest BCUT2D eigenvalue weighted by Crippen LogP contribution is -2.36. The van der Waals surface area contributed by atoms with Gasteiger partial charge in [-0.3, -0.25) is 4.79 Å². The maximum atomic E-state index is 13.2. The van der Waals surface area contributed by atoms with Crippen LogP contribution in [0, 0.1) is 5.92 Å². The molecule has 1 aliphatic heterocycles. The van der Waals surface area contributed by atoms with Gasteiger partial charge < -0.3 is 14.8 Å². The van der Waals surface area contributed by atoms with Crippen molar-refractivity contribution in [3.8, 4) is 11.5 Å². The van der Waals surface area contributed by atoms with Gasteiger partial charge in [0.1, 0.15) is 11.5 Å². The Bertz CT molecular complexity index is 994. The van der Waals surface area contributed by atoms with E-state index < -0.39 is 15.9 Å². The van der Waals surface area contributed by atoms with Gasteiger partial charge in [-0.15, -0.1) is 0 Å². The zero-order chi connectivity index (χ0) is 22.4. The van der Waals surface area contributed by atoms with E-state index in [0.29, 0.717) is 18.0 Å². The molecule has 7 nitrogen and oxygen atoms in total. The Morgan fingerprint density at radius 3 is 2.48 bits per heavy atom. The second-order valence-corrected chi connectivity index (χ2v) is 9.54. The summed E-state index contributed by atoms with van der Waals surface area (Å²) in [5.74, 6) is 0.228. The lowest BCUT2D eigenvalue weighted by atomic mass is 9.87. The van der Waals surface area contributed by atoms with Gasteiger partial charge in [-0.25, -0.2) is 8.42 Å². The summed E-state index contributed by atoms with van der Waals surface area (Å²) in [5, 5.41) is 2.97. The highest BCUT2D eigenvalue weighted by atomic mass is 32.2. The molecule has 8 heteroatoms. The second kappa shape index (κ2) is 10.2. The van der Waals surface area contributed by atoms with Gasteiger partial charge in [-0.05, 0) is 30.2 Å². The molecule has 0 bridgehead atoms. The number of carbonyl (C=O) groups excluding carboxylic acids is 1. The fourth-order valence-corrected chi connectivity index (χ4v) is 5.44. The zero-order valence-corrected chi connectivity index (χ0v) is 19.0. The van der Waals surface area contributed by atoms with Crippen molar-refractivity contribution in [3.05, 3.63) is 54.1 Å². The van der Waals surface area contributed by atoms with Gasteiger partial charge in [0, 0.05) is 31.6 Å². The molecule has 0 aromatic heterocycles. The van der Waals surface area contributed by atoms with Crippen LogP contribution in [0.4, 0.5) is 0 Å². The fourth-order valence-electron chi connectivity index (χ4n) is 3.93. The summed E-state index contributed by atoms with van der Waals surface area (Å²) in [4.78, 5) is 13.3. The normalized spacial score (nSPS) is 19.2. The van der Waals surface area contributed by atoms with Crippen molar-refractivity contribution in [2.24, 2.45) is 5.92 Å². The van der Waals surface area contributed by atoms with Crippen LogP contribution in [0.2, 0.25) is 0 Å². The Kier molecular flexibility index (Phi) is 7.56. The first kappa shape index (κ1) is 23.1. The summed E-state index contributed by atoms with van der Waals surface area (Å²) in [5.41, 5.74) is 0.796. The van der Waals surface area contributed by atoms with Gasteiger partial charge in [0.05, 0.1) is 25.0 Å². The largest absolute Gasteiger partial charge is 0.497 e. The Balaban J connectivity index is 1.96. The molecule has 0 saturated carbocycles. The maximum absolute atomic E-state index is 13.2. The smallest absolute Gasteiger partial charge is 0.243 e. The molecular formula is C23H30N2O5S. The summed E-state index contributed by atoms with van der Waals surface area (Å²) in [6, 6.07) is 13.7. The summed E-state index contributed by atoms with van der Waals surface area (Å²) in [6.45, 7) is 2.95. The van der Waals surface area contributed by atoms with Crippen LogP contribution in [0.5, 0.6) is 11.5 Å². The van der Waals surface area contributed by atoms with Crippen LogP contribution < -0.4 is 14.8 Å². The third-order valence-corrected chi connectivity index (χ3v) is 7.52. The molecule has 1 saturated heterocycles. The maximum Gasteiger partial charge on any atom is 0.243 e. The second-order valence-electron chi connectivity index (χ2n) is 7.60. The van der Waals surface area contributed by atoms with Crippen molar-refractivity contribution >= 4 is 15.9 Å². The first-order chi connectivity index (χ1) is 14.9. The number of sulfonamides is 1. The lowest BCUT2D eigenvalue weighted by Gasteiger charge is -2.21. The molecule has 0 unspecified atom stereocenters. The molecule has 2 aromatic carbocycles. The van der Waals surface area contributed by atoms with E-state index in [1.165, 1.54) is 4.31 Å². The van der Waals surface area contributed by atoms with E-state index >= 15 is 0 Å². The highest BCUT2D eigenvalue weighted by molar-refractivity contribution is 7.89. The van der Waals surface area contributed by atoms with Gasteiger partial charge in [0.2, 0.25) is 15.9 Å². The first-order valence-corrected chi connectivity index (χ1v) is 11.9. The van der Waals surface area contributed by atoms with E-state index in [2.05, 4.69) is 12.2 Å². The zero-order valence-electron chi connectivity index (χ0n) is 18.2. The van der Waals surface area contributed by atoms with Crippen molar-refractivity contribution in [2.45, 2.75) is 30.6 Å². The van der Waals surface area contributed by atoms with E-state index in [0.717, 1.165) is 18.4 Å². The standard InChI is InChI=1S/C23H30N2O5S/c1-4-5-13-24-23(26)21-16-25(31(27,28)18-9-7-6-8-10-18)15-20(21)19-12-11-17(29-2)14-22(19)30-3/h6-12,14,20-21H,4-5,13,15-16H2,1-3H3,(H,24,26)/t20-,21-/m1/s1. The molecule has 31 heavy (non-hydrogen) atoms. The number of hydrogen-bond donors (Lipinski definition) is 1. The molecule has 0 aliphatic carbocycles. The van der Waals surface area contributed by atoms with Crippen molar-refractivity contribution in [1.29, 1.82) is 0 Å². The number of hydrogen-bond acceptors (Lipinski definition) is 5. The summed E-state index contributed by atoms with van der Waals surface area (Å²) in [6.07, 6.45) is 1.84. The number of nitrogens with one attached hydrogen (secondary N) is 1. The minimum atomic E-state index is -3.72. The molecule has 0 radical (unpaired) electrons. The third kappa shape index (κ3) is 5.02. The van der Waals surface area contributed by atoms with Crippen LogP contribution in [-0.2, 0) is 14.8 Å². The minimum Gasteiger partial charge on any atom is -0.497 e. The van der Waals surface area contributed by atoms with Crippen LogP contribution in [-0.4, -0.2) is 52.5 Å². The Morgan fingerprint density at radius 1 is 1.10 bits per heavy atom. The molecule has 1 N–H and O–H groups in total. The number of ether oxygens (including phenoxy) is 2. The van der Waals surface area contributed by atoms with Crippen LogP contribution in [0.3, 0.4) is 0 Å². The molecule has 1 aliphatic rings. The van der Waals surface area contributed by atoms with E-state index in [4.69, 9.17) is 9.47 Å². The molecule has 3 rings (SSSR count). The van der Waals surface area contributed by atoms with E-state index in [-0.39, 0.29) is 29.8 Å². The SMILES string of the molecule is CCCCNC(=O)[C@@H]1CN(S(=O)(=O)c2ccccc2)C[C@@H]1c1ccc(OC)cc1OC. The van der Waals surface area contributed by atoms with Gasteiger partial charge in [0.25, 0.3) is 0 Å². The first-order valence-electron chi connectivity index (χ1n) is 10.5. The van der Waals surface area contributed by atoms with Crippen LogP contribution >= 0.6 is 0 Å². The molecule has 1 heterocycles. The number of methoxy groups -OCH3 is 2. The molecule has 2 aromatic rings. The summed E-state index contributed by atoms with van der Waals surface area (Å²) >= 11 is 0. The Hall–Kier alpha value is -2.58. The molecule has 2 atom stereocenters. The number of carbonyl (C=O) groups is 1. The summed E-state index contributed by atoms with van der Waals surface area (Å²) in [7, 11) is -0.587. The van der Waals surface area contributed by atoms with Crippen LogP contribution in [0.1, 0.15) is 31.2 Å². The minimum absolute atomic E-state index is 0.120. The van der Waals surface area contributed by atoms with Crippen LogP contribution in [0.15, 0.2) is 53.4 Å². The molecule has 1 fully saturated rings. The molecule has 1 amide bonds. The fraction of sp³-hybridized carbons (Fsp3) is 0.435. The Labute approximate surface area is 184 Å². The van der Waals surface area contributed by atoms with Gasteiger partial charge >= 0.3 is 0 Å². The van der Waals surface area contributed by atoms with Gasteiger partial charge in [0.15, 0.2) is 0 Å².